The normalized spacial score (nSPS) is 14.6. The Labute approximate surface area is 106 Å². The molecule has 0 aromatic heterocycles. The molecular formula is C12H16Cl2FN. The number of rotatable bonds is 4. The van der Waals surface area contributed by atoms with Gasteiger partial charge in [0, 0.05) is 6.04 Å². The van der Waals surface area contributed by atoms with Crippen molar-refractivity contribution in [1.29, 1.82) is 0 Å². The fourth-order valence-corrected chi connectivity index (χ4v) is 1.97. The first-order valence-electron chi connectivity index (χ1n) is 5.36. The molecule has 0 fully saturated rings. The van der Waals surface area contributed by atoms with Crippen LogP contribution in [-0.4, -0.2) is 6.04 Å². The molecule has 1 rings (SSSR count). The molecule has 16 heavy (non-hydrogen) atoms. The summed E-state index contributed by atoms with van der Waals surface area (Å²) in [6, 6.07) is 2.77. The first kappa shape index (κ1) is 13.6. The van der Waals surface area contributed by atoms with Gasteiger partial charge in [0.25, 0.3) is 0 Å². The summed E-state index contributed by atoms with van der Waals surface area (Å²) in [5.41, 5.74) is 0.609. The van der Waals surface area contributed by atoms with E-state index in [4.69, 9.17) is 23.2 Å². The van der Waals surface area contributed by atoms with Gasteiger partial charge in [0.05, 0.1) is 15.7 Å². The van der Waals surface area contributed by atoms with Crippen molar-refractivity contribution in [3.05, 3.63) is 28.0 Å². The zero-order chi connectivity index (χ0) is 12.3. The largest absolute Gasteiger partial charge is 0.380 e. The lowest BCUT2D eigenvalue weighted by Gasteiger charge is -2.22. The molecule has 0 heterocycles. The number of halogens is 3. The molecule has 0 saturated carbocycles. The molecule has 1 aromatic carbocycles. The average molecular weight is 264 g/mol. The van der Waals surface area contributed by atoms with Crippen molar-refractivity contribution in [1.82, 2.24) is 0 Å². The molecule has 0 aliphatic rings. The third kappa shape index (κ3) is 3.26. The van der Waals surface area contributed by atoms with Crippen LogP contribution < -0.4 is 5.32 Å². The van der Waals surface area contributed by atoms with Gasteiger partial charge in [0.15, 0.2) is 0 Å². The maximum Gasteiger partial charge on any atom is 0.126 e. The van der Waals surface area contributed by atoms with Gasteiger partial charge in [0.2, 0.25) is 0 Å². The zero-order valence-corrected chi connectivity index (χ0v) is 11.2. The van der Waals surface area contributed by atoms with E-state index in [2.05, 4.69) is 26.1 Å². The van der Waals surface area contributed by atoms with Crippen LogP contribution in [0.5, 0.6) is 0 Å². The van der Waals surface area contributed by atoms with E-state index >= 15 is 0 Å². The van der Waals surface area contributed by atoms with E-state index in [0.29, 0.717) is 21.7 Å². The summed E-state index contributed by atoms with van der Waals surface area (Å²) < 4.78 is 13.0. The second kappa shape index (κ2) is 5.74. The third-order valence-corrected chi connectivity index (χ3v) is 3.47. The van der Waals surface area contributed by atoms with Gasteiger partial charge in [0.1, 0.15) is 5.82 Å². The van der Waals surface area contributed by atoms with Crippen LogP contribution >= 0.6 is 23.2 Å². The summed E-state index contributed by atoms with van der Waals surface area (Å²) in [5.74, 6) is 0.0777. The molecule has 1 nitrogen and oxygen atoms in total. The molecule has 0 amide bonds. The second-order valence-corrected chi connectivity index (χ2v) is 4.88. The standard InChI is InChI=1S/C12H16Cl2FN/c1-4-7(2)8(3)16-12-10(13)5-9(15)6-11(12)14/h5-8,16H,4H2,1-3H3. The topological polar surface area (TPSA) is 12.0 Å². The SMILES string of the molecule is CCC(C)C(C)Nc1c(Cl)cc(F)cc1Cl. The second-order valence-electron chi connectivity index (χ2n) is 4.06. The summed E-state index contributed by atoms with van der Waals surface area (Å²) in [6.45, 7) is 6.32. The predicted octanol–water partition coefficient (Wildman–Crippen LogP) is 4.98. The van der Waals surface area contributed by atoms with Gasteiger partial charge >= 0.3 is 0 Å². The Bertz CT molecular complexity index is 345. The highest BCUT2D eigenvalue weighted by atomic mass is 35.5. The van der Waals surface area contributed by atoms with Crippen LogP contribution in [0.1, 0.15) is 27.2 Å². The fraction of sp³-hybridized carbons (Fsp3) is 0.500. The Morgan fingerprint density at radius 3 is 2.19 bits per heavy atom. The van der Waals surface area contributed by atoms with Crippen LogP contribution in [0.25, 0.3) is 0 Å². The van der Waals surface area contributed by atoms with Crippen molar-refractivity contribution in [2.45, 2.75) is 33.2 Å². The molecule has 1 N–H and O–H groups in total. The first-order valence-corrected chi connectivity index (χ1v) is 6.12. The summed E-state index contributed by atoms with van der Waals surface area (Å²) >= 11 is 11.9. The van der Waals surface area contributed by atoms with Crippen LogP contribution in [-0.2, 0) is 0 Å². The van der Waals surface area contributed by atoms with Gasteiger partial charge in [-0.15, -0.1) is 0 Å². The van der Waals surface area contributed by atoms with E-state index < -0.39 is 5.82 Å². The van der Waals surface area contributed by atoms with Crippen molar-refractivity contribution in [2.75, 3.05) is 5.32 Å². The van der Waals surface area contributed by atoms with E-state index in [0.717, 1.165) is 6.42 Å². The summed E-state index contributed by atoms with van der Waals surface area (Å²) in [7, 11) is 0. The van der Waals surface area contributed by atoms with Crippen molar-refractivity contribution in [3.63, 3.8) is 0 Å². The Balaban J connectivity index is 2.89. The van der Waals surface area contributed by atoms with Gasteiger partial charge < -0.3 is 5.32 Å². The quantitative estimate of drug-likeness (QED) is 0.808. The van der Waals surface area contributed by atoms with Gasteiger partial charge in [-0.1, -0.05) is 43.5 Å². The average Bonchev–Trinajstić information content (AvgIpc) is 2.21. The lowest BCUT2D eigenvalue weighted by atomic mass is 10.0. The molecule has 0 aliphatic heterocycles. The molecule has 2 atom stereocenters. The minimum absolute atomic E-state index is 0.241. The summed E-state index contributed by atoms with van der Waals surface area (Å²) in [6.07, 6.45) is 1.06. The maximum atomic E-state index is 13.0. The maximum absolute atomic E-state index is 13.0. The highest BCUT2D eigenvalue weighted by Gasteiger charge is 2.14. The van der Waals surface area contributed by atoms with E-state index in [-0.39, 0.29) is 6.04 Å². The van der Waals surface area contributed by atoms with Gasteiger partial charge in [-0.3, -0.25) is 0 Å². The third-order valence-electron chi connectivity index (χ3n) is 2.88. The van der Waals surface area contributed by atoms with Crippen LogP contribution in [0.4, 0.5) is 10.1 Å². The monoisotopic (exact) mass is 263 g/mol. The van der Waals surface area contributed by atoms with Crippen LogP contribution in [0, 0.1) is 11.7 Å². The highest BCUT2D eigenvalue weighted by Crippen LogP contribution is 2.32. The van der Waals surface area contributed by atoms with Gasteiger partial charge in [-0.25, -0.2) is 4.39 Å². The zero-order valence-electron chi connectivity index (χ0n) is 9.65. The lowest BCUT2D eigenvalue weighted by Crippen LogP contribution is -2.23. The Kier molecular flexibility index (Phi) is 4.88. The number of hydrogen-bond donors (Lipinski definition) is 1. The van der Waals surface area contributed by atoms with Gasteiger partial charge in [-0.05, 0) is 25.0 Å². The molecule has 0 spiro atoms. The smallest absolute Gasteiger partial charge is 0.126 e. The van der Waals surface area contributed by atoms with Crippen LogP contribution in [0.3, 0.4) is 0 Å². The summed E-state index contributed by atoms with van der Waals surface area (Å²) in [5, 5.41) is 3.86. The van der Waals surface area contributed by atoms with Crippen LogP contribution in [0.15, 0.2) is 12.1 Å². The van der Waals surface area contributed by atoms with E-state index in [9.17, 15) is 4.39 Å². The van der Waals surface area contributed by atoms with E-state index in [1.54, 1.807) is 0 Å². The molecule has 4 heteroatoms. The Hall–Kier alpha value is -0.470. The number of nitrogens with one attached hydrogen (secondary N) is 1. The summed E-state index contributed by atoms with van der Waals surface area (Å²) in [4.78, 5) is 0. The Morgan fingerprint density at radius 2 is 1.75 bits per heavy atom. The number of anilines is 1. The van der Waals surface area contributed by atoms with Crippen molar-refractivity contribution in [2.24, 2.45) is 5.92 Å². The van der Waals surface area contributed by atoms with Crippen LogP contribution in [0.2, 0.25) is 10.0 Å². The first-order chi connectivity index (χ1) is 7.45. The fourth-order valence-electron chi connectivity index (χ4n) is 1.40. The lowest BCUT2D eigenvalue weighted by molar-refractivity contribution is 0.494. The minimum atomic E-state index is -0.420. The molecule has 0 radical (unpaired) electrons. The molecule has 90 valence electrons. The van der Waals surface area contributed by atoms with E-state index in [1.807, 2.05) is 0 Å². The number of benzene rings is 1. The van der Waals surface area contributed by atoms with E-state index in [1.165, 1.54) is 12.1 Å². The van der Waals surface area contributed by atoms with Gasteiger partial charge in [-0.2, -0.15) is 0 Å². The van der Waals surface area contributed by atoms with Crippen molar-refractivity contribution in [3.8, 4) is 0 Å². The molecular weight excluding hydrogens is 248 g/mol. The predicted molar refractivity (Wildman–Crippen MR) is 69.0 cm³/mol. The molecule has 2 unspecified atom stereocenters. The highest BCUT2D eigenvalue weighted by molar-refractivity contribution is 6.39. The molecule has 0 saturated heterocycles. The molecule has 1 aromatic rings. The molecule has 0 aliphatic carbocycles. The number of hydrogen-bond acceptors (Lipinski definition) is 1. The van der Waals surface area contributed by atoms with Crippen molar-refractivity contribution < 1.29 is 4.39 Å². The van der Waals surface area contributed by atoms with Crippen molar-refractivity contribution >= 4 is 28.9 Å². The molecule has 0 bridgehead atoms. The Morgan fingerprint density at radius 1 is 1.25 bits per heavy atom. The minimum Gasteiger partial charge on any atom is -0.380 e.